The fourth-order valence-electron chi connectivity index (χ4n) is 2.79. The molecule has 24 heavy (non-hydrogen) atoms. The Kier molecular flexibility index (Phi) is 4.85. The van der Waals surface area contributed by atoms with E-state index in [4.69, 9.17) is 4.74 Å². The van der Waals surface area contributed by atoms with Gasteiger partial charge in [-0.2, -0.15) is 0 Å². The van der Waals surface area contributed by atoms with E-state index in [0.29, 0.717) is 30.0 Å². The first-order valence-corrected chi connectivity index (χ1v) is 9.55. The summed E-state index contributed by atoms with van der Waals surface area (Å²) < 4.78 is 29.1. The van der Waals surface area contributed by atoms with Crippen molar-refractivity contribution < 1.29 is 17.9 Å². The minimum absolute atomic E-state index is 0.228. The molecule has 2 aromatic carbocycles. The summed E-state index contributed by atoms with van der Waals surface area (Å²) in [5.74, 6) is 0.723. The van der Waals surface area contributed by atoms with Crippen molar-refractivity contribution in [3.05, 3.63) is 59.7 Å². The lowest BCUT2D eigenvalue weighted by atomic mass is 10.0. The second-order valence-electron chi connectivity index (χ2n) is 5.74. The molecule has 0 aliphatic carbocycles. The van der Waals surface area contributed by atoms with Crippen molar-refractivity contribution in [3.8, 4) is 5.75 Å². The molecule has 2 aromatic rings. The van der Waals surface area contributed by atoms with Crippen molar-refractivity contribution in [1.82, 2.24) is 5.32 Å². The van der Waals surface area contributed by atoms with Gasteiger partial charge in [0.05, 0.1) is 10.6 Å². The van der Waals surface area contributed by atoms with Crippen LogP contribution in [0, 0.1) is 0 Å². The quantitative estimate of drug-likeness (QED) is 0.925. The van der Waals surface area contributed by atoms with Crippen LogP contribution in [-0.2, 0) is 22.7 Å². The molecular weight excluding hydrogens is 326 g/mol. The van der Waals surface area contributed by atoms with Crippen LogP contribution in [0.1, 0.15) is 17.5 Å². The van der Waals surface area contributed by atoms with E-state index in [1.54, 1.807) is 30.3 Å². The number of hydrogen-bond acceptors (Lipinski definition) is 4. The Morgan fingerprint density at radius 1 is 1.12 bits per heavy atom. The number of sulfone groups is 1. The Labute approximate surface area is 141 Å². The van der Waals surface area contributed by atoms with Crippen molar-refractivity contribution >= 4 is 15.9 Å². The number of amides is 1. The van der Waals surface area contributed by atoms with E-state index in [-0.39, 0.29) is 5.75 Å². The van der Waals surface area contributed by atoms with E-state index in [2.05, 4.69) is 5.32 Å². The van der Waals surface area contributed by atoms with E-state index in [1.807, 2.05) is 18.2 Å². The number of aryl methyl sites for hydroxylation is 1. The Balaban J connectivity index is 1.55. The van der Waals surface area contributed by atoms with Crippen LogP contribution in [0.2, 0.25) is 0 Å². The zero-order valence-electron chi connectivity index (χ0n) is 13.2. The highest BCUT2D eigenvalue weighted by Gasteiger charge is 2.23. The Bertz CT molecular complexity index is 831. The maximum atomic E-state index is 12.0. The van der Waals surface area contributed by atoms with Gasteiger partial charge >= 0.3 is 6.09 Å². The largest absolute Gasteiger partial charge is 0.412 e. The zero-order valence-corrected chi connectivity index (χ0v) is 14.0. The summed E-state index contributed by atoms with van der Waals surface area (Å²) in [6, 6.07) is 14.3. The van der Waals surface area contributed by atoms with E-state index in [1.165, 1.54) is 0 Å². The molecule has 0 aromatic heterocycles. The Morgan fingerprint density at radius 3 is 2.71 bits per heavy atom. The number of carbonyl (C=O) groups excluding carboxylic acids is 1. The molecule has 0 unspecified atom stereocenters. The lowest BCUT2D eigenvalue weighted by Crippen LogP contribution is -2.28. The highest BCUT2D eigenvalue weighted by atomic mass is 32.2. The number of carbonyl (C=O) groups is 1. The van der Waals surface area contributed by atoms with Crippen LogP contribution in [0.5, 0.6) is 5.75 Å². The van der Waals surface area contributed by atoms with Crippen LogP contribution in [0.25, 0.3) is 0 Å². The van der Waals surface area contributed by atoms with Gasteiger partial charge in [-0.1, -0.05) is 30.3 Å². The summed E-state index contributed by atoms with van der Waals surface area (Å²) in [6.45, 7) is 0.428. The van der Waals surface area contributed by atoms with Gasteiger partial charge in [-0.15, -0.1) is 0 Å². The summed E-state index contributed by atoms with van der Waals surface area (Å²) >= 11 is 0. The van der Waals surface area contributed by atoms with E-state index >= 15 is 0 Å². The molecule has 0 saturated carbocycles. The average molecular weight is 345 g/mol. The van der Waals surface area contributed by atoms with Gasteiger partial charge in [0, 0.05) is 6.54 Å². The summed E-state index contributed by atoms with van der Waals surface area (Å²) in [5.41, 5.74) is 1.89. The normalized spacial score (nSPS) is 15.3. The maximum absolute atomic E-state index is 12.0. The van der Waals surface area contributed by atoms with Gasteiger partial charge in [0.1, 0.15) is 5.75 Å². The second-order valence-corrected chi connectivity index (χ2v) is 7.82. The average Bonchev–Trinajstić information content (AvgIpc) is 2.55. The van der Waals surface area contributed by atoms with Crippen molar-refractivity contribution in [1.29, 1.82) is 0 Å². The molecule has 6 heteroatoms. The molecule has 1 aliphatic rings. The molecule has 3 rings (SSSR count). The van der Waals surface area contributed by atoms with Gasteiger partial charge in [-0.25, -0.2) is 13.2 Å². The molecule has 0 radical (unpaired) electrons. The third kappa shape index (κ3) is 3.94. The third-order valence-corrected chi connectivity index (χ3v) is 5.85. The van der Waals surface area contributed by atoms with Crippen LogP contribution in [0.4, 0.5) is 4.79 Å². The number of para-hydroxylation sites is 1. The van der Waals surface area contributed by atoms with Crippen molar-refractivity contribution in [2.45, 2.75) is 24.2 Å². The first-order valence-electron chi connectivity index (χ1n) is 7.90. The molecule has 1 amide bonds. The molecule has 1 aliphatic heterocycles. The van der Waals surface area contributed by atoms with Gasteiger partial charge in [0.25, 0.3) is 0 Å². The number of benzene rings is 2. The number of rotatable bonds is 4. The van der Waals surface area contributed by atoms with Gasteiger partial charge in [-0.05, 0) is 48.6 Å². The lowest BCUT2D eigenvalue weighted by Gasteiger charge is -2.17. The van der Waals surface area contributed by atoms with Gasteiger partial charge < -0.3 is 10.1 Å². The molecule has 1 heterocycles. The Morgan fingerprint density at radius 2 is 1.92 bits per heavy atom. The molecule has 0 atom stereocenters. The van der Waals surface area contributed by atoms with Crippen molar-refractivity contribution in [3.63, 3.8) is 0 Å². The number of hydrogen-bond donors (Lipinski definition) is 1. The molecule has 0 fully saturated rings. The van der Waals surface area contributed by atoms with Crippen LogP contribution in [0.15, 0.2) is 53.4 Å². The van der Waals surface area contributed by atoms with Crippen LogP contribution in [0.3, 0.4) is 0 Å². The number of fused-ring (bicyclic) bond motifs is 1. The highest BCUT2D eigenvalue weighted by molar-refractivity contribution is 7.91. The standard InChI is InChI=1S/C18H19NO4S/c20-18(23-16-6-2-1-3-7-16)19-11-10-14-8-9-17-15(13-14)5-4-12-24(17,21)22/h1-3,6-9,13H,4-5,10-12H2,(H,19,20). The van der Waals surface area contributed by atoms with E-state index in [9.17, 15) is 13.2 Å². The monoisotopic (exact) mass is 345 g/mol. The van der Waals surface area contributed by atoms with Crippen molar-refractivity contribution in [2.75, 3.05) is 12.3 Å². The second kappa shape index (κ2) is 7.05. The molecule has 0 bridgehead atoms. The van der Waals surface area contributed by atoms with E-state index in [0.717, 1.165) is 17.5 Å². The number of ether oxygens (including phenoxy) is 1. The van der Waals surface area contributed by atoms with Gasteiger partial charge in [0.2, 0.25) is 0 Å². The van der Waals surface area contributed by atoms with Gasteiger partial charge in [0.15, 0.2) is 9.84 Å². The topological polar surface area (TPSA) is 72.5 Å². The molecule has 126 valence electrons. The molecule has 1 N–H and O–H groups in total. The van der Waals surface area contributed by atoms with E-state index < -0.39 is 15.9 Å². The summed E-state index contributed by atoms with van der Waals surface area (Å²) in [7, 11) is -3.12. The molecule has 0 saturated heterocycles. The number of nitrogens with one attached hydrogen (secondary N) is 1. The first-order chi connectivity index (χ1) is 11.5. The molecular formula is C18H19NO4S. The van der Waals surface area contributed by atoms with Crippen LogP contribution in [-0.4, -0.2) is 26.8 Å². The highest BCUT2D eigenvalue weighted by Crippen LogP contribution is 2.25. The molecule has 5 nitrogen and oxygen atoms in total. The smallest absolute Gasteiger partial charge is 0.410 e. The van der Waals surface area contributed by atoms with Crippen LogP contribution >= 0.6 is 0 Å². The Hall–Kier alpha value is -2.34. The molecule has 0 spiro atoms. The fraction of sp³-hybridized carbons (Fsp3) is 0.278. The predicted octanol–water partition coefficient (Wildman–Crippen LogP) is 2.74. The summed E-state index contributed by atoms with van der Waals surface area (Å²) in [5, 5.41) is 2.70. The summed E-state index contributed by atoms with van der Waals surface area (Å²) in [4.78, 5) is 12.2. The minimum atomic E-state index is -3.12. The fourth-order valence-corrected chi connectivity index (χ4v) is 4.37. The maximum Gasteiger partial charge on any atom is 0.412 e. The first kappa shape index (κ1) is 16.5. The zero-order chi connectivity index (χ0) is 17.0. The van der Waals surface area contributed by atoms with Crippen LogP contribution < -0.4 is 10.1 Å². The summed E-state index contributed by atoms with van der Waals surface area (Å²) in [6.07, 6.45) is 1.57. The predicted molar refractivity (Wildman–Crippen MR) is 91.0 cm³/mol. The van der Waals surface area contributed by atoms with Gasteiger partial charge in [-0.3, -0.25) is 0 Å². The lowest BCUT2D eigenvalue weighted by molar-refractivity contribution is 0.200. The minimum Gasteiger partial charge on any atom is -0.410 e. The SMILES string of the molecule is O=C(NCCc1ccc2c(c1)CCCS2(=O)=O)Oc1ccccc1. The van der Waals surface area contributed by atoms with Crippen molar-refractivity contribution in [2.24, 2.45) is 0 Å². The third-order valence-electron chi connectivity index (χ3n) is 3.96.